The van der Waals surface area contributed by atoms with E-state index in [1.54, 1.807) is 0 Å². The average molecular weight is 470 g/mol. The number of amides is 1. The Balaban J connectivity index is 2.05. The van der Waals surface area contributed by atoms with Crippen molar-refractivity contribution in [3.63, 3.8) is 0 Å². The van der Waals surface area contributed by atoms with E-state index in [1.165, 1.54) is 13.8 Å². The van der Waals surface area contributed by atoms with Crippen molar-refractivity contribution in [3.05, 3.63) is 54.1 Å². The number of hydrogen-bond donors (Lipinski definition) is 1. The molecule has 2 atom stereocenters. The van der Waals surface area contributed by atoms with Gasteiger partial charge in [-0.2, -0.15) is 0 Å². The lowest BCUT2D eigenvalue weighted by molar-refractivity contribution is -0.154. The fourth-order valence-corrected chi connectivity index (χ4v) is 3.54. The van der Waals surface area contributed by atoms with E-state index >= 15 is 0 Å². The van der Waals surface area contributed by atoms with Crippen LogP contribution >= 0.6 is 0 Å². The highest BCUT2D eigenvalue weighted by atomic mass is 16.6. The van der Waals surface area contributed by atoms with Crippen LogP contribution in [0.15, 0.2) is 48.5 Å². The number of aryl methyl sites for hydroxylation is 1. The zero-order chi connectivity index (χ0) is 25.1. The van der Waals surface area contributed by atoms with E-state index in [2.05, 4.69) is 13.8 Å². The van der Waals surface area contributed by atoms with Gasteiger partial charge in [-0.1, -0.05) is 50.2 Å². The maximum atomic E-state index is 11.5. The first-order valence-corrected chi connectivity index (χ1v) is 11.5. The molecule has 2 N–H and O–H groups in total. The molecule has 0 spiro atoms. The molecule has 0 heterocycles. The highest BCUT2D eigenvalue weighted by Crippen LogP contribution is 2.25. The van der Waals surface area contributed by atoms with E-state index in [0.29, 0.717) is 25.4 Å². The quantitative estimate of drug-likeness (QED) is 0.438. The summed E-state index contributed by atoms with van der Waals surface area (Å²) < 4.78 is 16.2. The van der Waals surface area contributed by atoms with E-state index in [4.69, 9.17) is 19.9 Å². The van der Waals surface area contributed by atoms with Crippen molar-refractivity contribution in [2.45, 2.75) is 53.1 Å². The predicted molar refractivity (Wildman–Crippen MR) is 130 cm³/mol. The third-order valence-electron chi connectivity index (χ3n) is 5.27. The number of ether oxygens (including phenoxy) is 3. The summed E-state index contributed by atoms with van der Waals surface area (Å²) in [6.45, 7) is 7.55. The van der Waals surface area contributed by atoms with E-state index in [-0.39, 0.29) is 18.9 Å². The smallest absolute Gasteiger partial charge is 0.302 e. The molecule has 0 aromatic heterocycles. The molecule has 7 heteroatoms. The van der Waals surface area contributed by atoms with Gasteiger partial charge in [-0.25, -0.2) is 0 Å². The van der Waals surface area contributed by atoms with Crippen LogP contribution in [0.4, 0.5) is 0 Å². The second-order valence-corrected chi connectivity index (χ2v) is 8.85. The Bertz CT molecular complexity index is 921. The van der Waals surface area contributed by atoms with Crippen LogP contribution < -0.4 is 10.5 Å². The van der Waals surface area contributed by atoms with Crippen molar-refractivity contribution < 1.29 is 28.6 Å². The third kappa shape index (κ3) is 9.65. The molecule has 2 rings (SSSR count). The molecule has 7 nitrogen and oxygen atoms in total. The lowest BCUT2D eigenvalue weighted by Crippen LogP contribution is -2.34. The lowest BCUT2D eigenvalue weighted by atomic mass is 9.92. The molecule has 0 aliphatic rings. The van der Waals surface area contributed by atoms with Gasteiger partial charge in [0.15, 0.2) is 0 Å². The zero-order valence-corrected chi connectivity index (χ0v) is 20.4. The minimum Gasteiger partial charge on any atom is -0.493 e. The fourth-order valence-electron chi connectivity index (χ4n) is 3.54. The zero-order valence-electron chi connectivity index (χ0n) is 20.4. The Hall–Kier alpha value is -3.35. The van der Waals surface area contributed by atoms with Crippen molar-refractivity contribution in [3.8, 4) is 16.9 Å². The summed E-state index contributed by atoms with van der Waals surface area (Å²) in [5.41, 5.74) is 8.59. The van der Waals surface area contributed by atoms with Gasteiger partial charge in [0.05, 0.1) is 19.6 Å². The Morgan fingerprint density at radius 3 is 1.94 bits per heavy atom. The van der Waals surface area contributed by atoms with Gasteiger partial charge >= 0.3 is 11.9 Å². The Kier molecular flexibility index (Phi) is 10.6. The maximum absolute atomic E-state index is 11.5. The molecule has 0 bridgehead atoms. The number of primary amides is 1. The lowest BCUT2D eigenvalue weighted by Gasteiger charge is -2.25. The maximum Gasteiger partial charge on any atom is 0.302 e. The van der Waals surface area contributed by atoms with Crippen LogP contribution in [0.25, 0.3) is 11.1 Å². The standard InChI is InChI=1S/C27H35NO6/c1-18(2)16-33-25-13-11-23(12-14-25)22-8-5-21(6-9-22)7-10-24(17-32-19(3)29)26(15-27(28)31)34-20(4)30/h5-6,8-9,11-14,18,24,26H,7,10,15-17H2,1-4H3,(H2,28,31). The summed E-state index contributed by atoms with van der Waals surface area (Å²) >= 11 is 0. The molecular formula is C27H35NO6. The fraction of sp³-hybridized carbons (Fsp3) is 0.444. The highest BCUT2D eigenvalue weighted by molar-refractivity contribution is 5.75. The van der Waals surface area contributed by atoms with Crippen LogP contribution in [0, 0.1) is 11.8 Å². The second kappa shape index (κ2) is 13.4. The number of rotatable bonds is 13. The molecule has 0 fully saturated rings. The number of carbonyl (C=O) groups excluding carboxylic acids is 3. The van der Waals surface area contributed by atoms with Gasteiger partial charge in [0.1, 0.15) is 11.9 Å². The molecule has 0 radical (unpaired) electrons. The van der Waals surface area contributed by atoms with Gasteiger partial charge < -0.3 is 19.9 Å². The normalized spacial score (nSPS) is 12.6. The van der Waals surface area contributed by atoms with Crippen LogP contribution in [-0.4, -0.2) is 37.2 Å². The van der Waals surface area contributed by atoms with E-state index in [1.807, 2.05) is 48.5 Å². The van der Waals surface area contributed by atoms with Crippen LogP contribution in [0.2, 0.25) is 0 Å². The number of esters is 2. The summed E-state index contributed by atoms with van der Waals surface area (Å²) in [6.07, 6.45) is 0.344. The number of nitrogens with two attached hydrogens (primary N) is 1. The first kappa shape index (κ1) is 26.9. The van der Waals surface area contributed by atoms with Crippen molar-refractivity contribution in [2.24, 2.45) is 17.6 Å². The van der Waals surface area contributed by atoms with Crippen LogP contribution in [-0.2, 0) is 30.3 Å². The van der Waals surface area contributed by atoms with E-state index in [9.17, 15) is 14.4 Å². The van der Waals surface area contributed by atoms with Crippen molar-refractivity contribution >= 4 is 17.8 Å². The Morgan fingerprint density at radius 1 is 0.853 bits per heavy atom. The molecule has 0 aliphatic heterocycles. The molecule has 1 amide bonds. The van der Waals surface area contributed by atoms with Gasteiger partial charge in [-0.05, 0) is 47.6 Å². The van der Waals surface area contributed by atoms with E-state index < -0.39 is 23.9 Å². The molecular weight excluding hydrogens is 434 g/mol. The first-order chi connectivity index (χ1) is 16.1. The van der Waals surface area contributed by atoms with E-state index in [0.717, 1.165) is 22.4 Å². The van der Waals surface area contributed by atoms with Crippen molar-refractivity contribution in [1.29, 1.82) is 0 Å². The molecule has 2 aromatic carbocycles. The predicted octanol–water partition coefficient (Wildman–Crippen LogP) is 4.31. The molecule has 0 saturated heterocycles. The molecule has 2 unspecified atom stereocenters. The molecule has 0 aliphatic carbocycles. The summed E-state index contributed by atoms with van der Waals surface area (Å²) in [6, 6.07) is 16.2. The van der Waals surface area contributed by atoms with Gasteiger partial charge in [0.25, 0.3) is 0 Å². The summed E-state index contributed by atoms with van der Waals surface area (Å²) in [5.74, 6) is -0.547. The largest absolute Gasteiger partial charge is 0.493 e. The molecule has 0 saturated carbocycles. The minimum atomic E-state index is -0.745. The van der Waals surface area contributed by atoms with Gasteiger partial charge in [-0.3, -0.25) is 14.4 Å². The number of benzene rings is 2. The average Bonchev–Trinajstić information content (AvgIpc) is 2.77. The number of hydrogen-bond acceptors (Lipinski definition) is 6. The second-order valence-electron chi connectivity index (χ2n) is 8.85. The Morgan fingerprint density at radius 2 is 1.44 bits per heavy atom. The van der Waals surface area contributed by atoms with Gasteiger partial charge in [-0.15, -0.1) is 0 Å². The first-order valence-electron chi connectivity index (χ1n) is 11.5. The summed E-state index contributed by atoms with van der Waals surface area (Å²) in [4.78, 5) is 34.3. The van der Waals surface area contributed by atoms with Gasteiger partial charge in [0, 0.05) is 19.8 Å². The Labute approximate surface area is 201 Å². The van der Waals surface area contributed by atoms with Crippen molar-refractivity contribution in [1.82, 2.24) is 0 Å². The molecule has 34 heavy (non-hydrogen) atoms. The molecule has 184 valence electrons. The third-order valence-corrected chi connectivity index (χ3v) is 5.27. The summed E-state index contributed by atoms with van der Waals surface area (Å²) in [5, 5.41) is 0. The SMILES string of the molecule is CC(=O)OCC(CCc1ccc(-c2ccc(OCC(C)C)cc2)cc1)C(CC(N)=O)OC(C)=O. The number of carbonyl (C=O) groups is 3. The van der Waals surface area contributed by atoms with Crippen LogP contribution in [0.5, 0.6) is 5.75 Å². The van der Waals surface area contributed by atoms with Gasteiger partial charge in [0.2, 0.25) is 5.91 Å². The molecule has 2 aromatic rings. The minimum absolute atomic E-state index is 0.0455. The topological polar surface area (TPSA) is 105 Å². The van der Waals surface area contributed by atoms with Crippen LogP contribution in [0.1, 0.15) is 46.1 Å². The monoisotopic (exact) mass is 469 g/mol. The summed E-state index contributed by atoms with van der Waals surface area (Å²) in [7, 11) is 0. The van der Waals surface area contributed by atoms with Crippen LogP contribution in [0.3, 0.4) is 0 Å². The highest BCUT2D eigenvalue weighted by Gasteiger charge is 2.27. The van der Waals surface area contributed by atoms with Crippen molar-refractivity contribution in [2.75, 3.05) is 13.2 Å².